The molecule has 1 aromatic heterocycles. The molecule has 21 heavy (non-hydrogen) atoms. The Morgan fingerprint density at radius 3 is 2.52 bits per heavy atom. The van der Waals surface area contributed by atoms with Gasteiger partial charge in [-0.25, -0.2) is 0 Å². The van der Waals surface area contributed by atoms with Crippen LogP contribution in [0.2, 0.25) is 0 Å². The van der Waals surface area contributed by atoms with Crippen LogP contribution in [0.4, 0.5) is 14.5 Å². The first kappa shape index (κ1) is 15.6. The number of carbonyl (C=O) groups is 1. The molecular weight excluding hydrogens is 320 g/mol. The fraction of sp³-hybridized carbons (Fsp3) is 0.154. The minimum atomic E-state index is -2.98. The number of ether oxygens (including phenoxy) is 1. The van der Waals surface area contributed by atoms with Crippen molar-refractivity contribution >= 4 is 33.7 Å². The molecule has 1 amide bonds. The number of thiophene rings is 1. The smallest absolute Gasteiger partial charge is 0.387 e. The van der Waals surface area contributed by atoms with E-state index in [0.29, 0.717) is 10.6 Å². The average Bonchev–Trinajstić information content (AvgIpc) is 2.86. The summed E-state index contributed by atoms with van der Waals surface area (Å²) in [6, 6.07) is 7.74. The topological polar surface area (TPSA) is 55.4 Å². The molecule has 1 aromatic carbocycles. The fourth-order valence-electron chi connectivity index (χ4n) is 1.57. The first-order valence-electron chi connectivity index (χ1n) is 5.74. The first-order chi connectivity index (χ1) is 9.97. The number of hydrogen-bond donors (Lipinski definition) is 1. The lowest BCUT2D eigenvalue weighted by atomic mass is 10.3. The van der Waals surface area contributed by atoms with Crippen molar-refractivity contribution in [2.75, 3.05) is 11.6 Å². The van der Waals surface area contributed by atoms with Gasteiger partial charge in [-0.2, -0.15) is 8.78 Å². The van der Waals surface area contributed by atoms with E-state index in [1.54, 1.807) is 30.5 Å². The van der Waals surface area contributed by atoms with Crippen molar-refractivity contribution in [2.45, 2.75) is 11.5 Å². The molecule has 0 spiro atoms. The van der Waals surface area contributed by atoms with Gasteiger partial charge in [0, 0.05) is 27.6 Å². The first-order valence-corrected chi connectivity index (χ1v) is 8.18. The predicted octanol–water partition coefficient (Wildman–Crippen LogP) is 3.34. The molecule has 0 saturated heterocycles. The van der Waals surface area contributed by atoms with Crippen molar-refractivity contribution < 1.29 is 22.5 Å². The summed E-state index contributed by atoms with van der Waals surface area (Å²) in [5.41, 5.74) is 0.477. The summed E-state index contributed by atoms with van der Waals surface area (Å²) in [7, 11) is -1.10. The molecule has 0 fully saturated rings. The zero-order valence-corrected chi connectivity index (χ0v) is 12.5. The third kappa shape index (κ3) is 4.08. The Morgan fingerprint density at radius 1 is 1.29 bits per heavy atom. The molecule has 0 aliphatic heterocycles. The second-order valence-corrected chi connectivity index (χ2v) is 6.22. The zero-order valence-electron chi connectivity index (χ0n) is 10.8. The van der Waals surface area contributed by atoms with E-state index in [0.717, 1.165) is 11.3 Å². The molecule has 0 aliphatic rings. The zero-order chi connectivity index (χ0) is 15.4. The summed E-state index contributed by atoms with van der Waals surface area (Å²) in [4.78, 5) is 12.7. The van der Waals surface area contributed by atoms with Crippen LogP contribution >= 0.6 is 11.3 Å². The number of nitrogens with one attached hydrogen (secondary N) is 1. The van der Waals surface area contributed by atoms with Gasteiger partial charge >= 0.3 is 6.61 Å². The van der Waals surface area contributed by atoms with Gasteiger partial charge in [0.1, 0.15) is 10.6 Å². The van der Waals surface area contributed by atoms with E-state index in [1.165, 1.54) is 11.4 Å². The lowest BCUT2D eigenvalue weighted by Crippen LogP contribution is -2.13. The summed E-state index contributed by atoms with van der Waals surface area (Å²) >= 11 is 1.01. The highest BCUT2D eigenvalue weighted by molar-refractivity contribution is 7.84. The van der Waals surface area contributed by atoms with Crippen molar-refractivity contribution in [3.8, 4) is 5.75 Å². The van der Waals surface area contributed by atoms with E-state index in [-0.39, 0.29) is 10.6 Å². The highest BCUT2D eigenvalue weighted by Crippen LogP contribution is 2.27. The third-order valence-electron chi connectivity index (χ3n) is 2.50. The number of alkyl halides is 2. The normalized spacial score (nSPS) is 12.2. The number of carbonyl (C=O) groups excluding carboxylic acids is 1. The summed E-state index contributed by atoms with van der Waals surface area (Å²) in [5.74, 6) is -0.690. The van der Waals surface area contributed by atoms with Crippen molar-refractivity contribution in [2.24, 2.45) is 0 Å². The lowest BCUT2D eigenvalue weighted by molar-refractivity contribution is -0.0498. The summed E-state index contributed by atoms with van der Waals surface area (Å²) in [6.07, 6.45) is 1.55. The van der Waals surface area contributed by atoms with Crippen LogP contribution in [-0.4, -0.2) is 23.0 Å². The number of benzene rings is 1. The molecule has 0 saturated carbocycles. The van der Waals surface area contributed by atoms with Crippen molar-refractivity contribution in [3.63, 3.8) is 0 Å². The van der Waals surface area contributed by atoms with E-state index >= 15 is 0 Å². The minimum Gasteiger partial charge on any atom is -0.433 e. The van der Waals surface area contributed by atoms with Crippen LogP contribution in [0.5, 0.6) is 5.75 Å². The number of amides is 1. The Bertz CT molecular complexity index is 656. The van der Waals surface area contributed by atoms with E-state index < -0.39 is 23.3 Å². The Kier molecular flexibility index (Phi) is 5.03. The SMILES string of the molecule is CS(=O)c1ccc(NC(=O)c2sccc2OC(F)F)cc1. The second kappa shape index (κ2) is 6.77. The van der Waals surface area contributed by atoms with Crippen molar-refractivity contribution in [1.82, 2.24) is 0 Å². The van der Waals surface area contributed by atoms with Crippen molar-refractivity contribution in [1.29, 1.82) is 0 Å². The minimum absolute atomic E-state index is 0.0680. The van der Waals surface area contributed by atoms with Crippen LogP contribution in [0.25, 0.3) is 0 Å². The number of hydrogen-bond acceptors (Lipinski definition) is 4. The molecule has 1 atom stereocenters. The molecule has 2 aromatic rings. The van der Waals surface area contributed by atoms with Gasteiger partial charge in [-0.1, -0.05) is 0 Å². The predicted molar refractivity (Wildman–Crippen MR) is 77.7 cm³/mol. The van der Waals surface area contributed by atoms with Gasteiger partial charge in [-0.05, 0) is 35.7 Å². The molecular formula is C13H11F2NO3S2. The molecule has 0 radical (unpaired) electrons. The van der Waals surface area contributed by atoms with Gasteiger partial charge in [0.25, 0.3) is 5.91 Å². The van der Waals surface area contributed by atoms with E-state index in [9.17, 15) is 17.8 Å². The quantitative estimate of drug-likeness (QED) is 0.914. The van der Waals surface area contributed by atoms with Crippen LogP contribution in [0.15, 0.2) is 40.6 Å². The standard InChI is InChI=1S/C13H11F2NO3S2/c1-21(18)9-4-2-8(3-5-9)16-12(17)11-10(6-7-20-11)19-13(14)15/h2-7,13H,1H3,(H,16,17). The summed E-state index contributed by atoms with van der Waals surface area (Å²) in [6.45, 7) is -2.98. The van der Waals surface area contributed by atoms with Gasteiger partial charge in [-0.3, -0.25) is 9.00 Å². The molecule has 0 bridgehead atoms. The fourth-order valence-corrected chi connectivity index (χ4v) is 2.81. The molecule has 8 heteroatoms. The molecule has 1 N–H and O–H groups in total. The van der Waals surface area contributed by atoms with Gasteiger partial charge in [0.05, 0.1) is 0 Å². The highest BCUT2D eigenvalue weighted by atomic mass is 32.2. The Labute approximate surface area is 126 Å². The average molecular weight is 331 g/mol. The largest absolute Gasteiger partial charge is 0.433 e. The molecule has 1 heterocycles. The maximum Gasteiger partial charge on any atom is 0.387 e. The third-order valence-corrected chi connectivity index (χ3v) is 4.33. The number of halogens is 2. The lowest BCUT2D eigenvalue weighted by Gasteiger charge is -2.07. The van der Waals surface area contributed by atoms with E-state index in [1.807, 2.05) is 0 Å². The van der Waals surface area contributed by atoms with Crippen LogP contribution < -0.4 is 10.1 Å². The van der Waals surface area contributed by atoms with Crippen LogP contribution in [-0.2, 0) is 10.8 Å². The number of rotatable bonds is 5. The molecule has 112 valence electrons. The van der Waals surface area contributed by atoms with Crippen LogP contribution in [0.1, 0.15) is 9.67 Å². The van der Waals surface area contributed by atoms with Gasteiger partial charge in [0.2, 0.25) is 0 Å². The summed E-state index contributed by atoms with van der Waals surface area (Å²) in [5, 5.41) is 4.07. The van der Waals surface area contributed by atoms with E-state index in [2.05, 4.69) is 10.1 Å². The maximum atomic E-state index is 12.2. The molecule has 1 unspecified atom stereocenters. The van der Waals surface area contributed by atoms with Gasteiger partial charge in [0.15, 0.2) is 0 Å². The van der Waals surface area contributed by atoms with Gasteiger partial charge in [-0.15, -0.1) is 11.3 Å². The van der Waals surface area contributed by atoms with E-state index in [4.69, 9.17) is 0 Å². The Morgan fingerprint density at radius 2 is 1.95 bits per heavy atom. The van der Waals surface area contributed by atoms with Crippen LogP contribution in [0, 0.1) is 0 Å². The molecule has 4 nitrogen and oxygen atoms in total. The second-order valence-electron chi connectivity index (χ2n) is 3.93. The molecule has 2 rings (SSSR count). The summed E-state index contributed by atoms with van der Waals surface area (Å²) < 4.78 is 39.9. The maximum absolute atomic E-state index is 12.2. The monoisotopic (exact) mass is 331 g/mol. The van der Waals surface area contributed by atoms with Crippen molar-refractivity contribution in [3.05, 3.63) is 40.6 Å². The Hall–Kier alpha value is -1.80. The molecule has 0 aliphatic carbocycles. The van der Waals surface area contributed by atoms with Crippen LogP contribution in [0.3, 0.4) is 0 Å². The Balaban J connectivity index is 2.11. The number of anilines is 1. The van der Waals surface area contributed by atoms with Gasteiger partial charge < -0.3 is 10.1 Å². The highest BCUT2D eigenvalue weighted by Gasteiger charge is 2.17.